The molecule has 146 valence electrons. The number of benzene rings is 2. The summed E-state index contributed by atoms with van der Waals surface area (Å²) in [6, 6.07) is 14.1. The Kier molecular flexibility index (Phi) is 5.84. The van der Waals surface area contributed by atoms with Gasteiger partial charge in [-0.2, -0.15) is 0 Å². The van der Waals surface area contributed by atoms with E-state index in [1.165, 1.54) is 11.3 Å². The smallest absolute Gasteiger partial charge is 0.325 e. The highest BCUT2D eigenvalue weighted by molar-refractivity contribution is 7.15. The molecule has 0 aliphatic heterocycles. The van der Waals surface area contributed by atoms with Crippen LogP contribution in [-0.4, -0.2) is 18.1 Å². The second-order valence-corrected chi connectivity index (χ2v) is 8.19. The molecule has 2 amide bonds. The van der Waals surface area contributed by atoms with E-state index in [9.17, 15) is 4.79 Å². The number of methoxy groups -OCH3 is 1. The monoisotopic (exact) mass is 397 g/mol. The molecular formula is C21H23N3O3S. The number of nitrogens with one attached hydrogen (secondary N) is 2. The number of urea groups is 1. The van der Waals surface area contributed by atoms with Gasteiger partial charge in [0, 0.05) is 22.8 Å². The van der Waals surface area contributed by atoms with Gasteiger partial charge in [0.15, 0.2) is 5.13 Å². The van der Waals surface area contributed by atoms with Crippen molar-refractivity contribution in [1.29, 1.82) is 0 Å². The van der Waals surface area contributed by atoms with E-state index in [4.69, 9.17) is 9.47 Å². The van der Waals surface area contributed by atoms with Crippen molar-refractivity contribution >= 4 is 28.2 Å². The Morgan fingerprint density at radius 1 is 1.00 bits per heavy atom. The van der Waals surface area contributed by atoms with Gasteiger partial charge in [-0.3, -0.25) is 5.32 Å². The molecule has 0 bridgehead atoms. The molecule has 7 heteroatoms. The van der Waals surface area contributed by atoms with Crippen LogP contribution in [0, 0.1) is 0 Å². The van der Waals surface area contributed by atoms with Gasteiger partial charge in [0.1, 0.15) is 17.2 Å². The standard InChI is InChI=1S/C21H23N3O3S/c1-21(2,3)18-13-22-20(28-18)24-19(25)23-14-6-5-7-17(12-14)27-16-10-8-15(26-4)9-11-16/h5-13H,1-4H3,(H2,22,23,24,25). The van der Waals surface area contributed by atoms with Crippen LogP contribution in [-0.2, 0) is 5.41 Å². The van der Waals surface area contributed by atoms with Crippen LogP contribution in [0.4, 0.5) is 15.6 Å². The summed E-state index contributed by atoms with van der Waals surface area (Å²) in [5, 5.41) is 6.13. The summed E-state index contributed by atoms with van der Waals surface area (Å²) in [6.45, 7) is 6.33. The first-order valence-electron chi connectivity index (χ1n) is 8.80. The number of hydrogen-bond acceptors (Lipinski definition) is 5. The van der Waals surface area contributed by atoms with E-state index in [2.05, 4.69) is 36.4 Å². The van der Waals surface area contributed by atoms with Crippen molar-refractivity contribution in [1.82, 2.24) is 4.98 Å². The minimum Gasteiger partial charge on any atom is -0.497 e. The number of amides is 2. The summed E-state index contributed by atoms with van der Waals surface area (Å²) >= 11 is 1.47. The first-order chi connectivity index (χ1) is 13.3. The minimum atomic E-state index is -0.351. The molecule has 3 aromatic rings. The van der Waals surface area contributed by atoms with Gasteiger partial charge >= 0.3 is 6.03 Å². The molecule has 1 aromatic heterocycles. The average molecular weight is 398 g/mol. The highest BCUT2D eigenvalue weighted by atomic mass is 32.1. The molecule has 0 unspecified atom stereocenters. The quantitative estimate of drug-likeness (QED) is 0.563. The van der Waals surface area contributed by atoms with Crippen LogP contribution in [0.25, 0.3) is 0 Å². The van der Waals surface area contributed by atoms with Gasteiger partial charge in [-0.25, -0.2) is 9.78 Å². The summed E-state index contributed by atoms with van der Waals surface area (Å²) in [4.78, 5) is 17.6. The number of hydrogen-bond donors (Lipinski definition) is 2. The molecule has 1 heterocycles. The zero-order valence-corrected chi connectivity index (χ0v) is 17.1. The normalized spacial score (nSPS) is 11.0. The molecule has 0 atom stereocenters. The summed E-state index contributed by atoms with van der Waals surface area (Å²) in [6.07, 6.45) is 1.80. The zero-order chi connectivity index (χ0) is 20.1. The maximum atomic E-state index is 12.3. The van der Waals surface area contributed by atoms with E-state index in [1.807, 2.05) is 36.4 Å². The lowest BCUT2D eigenvalue weighted by Crippen LogP contribution is -2.19. The van der Waals surface area contributed by atoms with E-state index in [0.717, 1.165) is 10.6 Å². The Hall–Kier alpha value is -3.06. The first-order valence-corrected chi connectivity index (χ1v) is 9.61. The average Bonchev–Trinajstić information content (AvgIpc) is 3.11. The topological polar surface area (TPSA) is 72.5 Å². The SMILES string of the molecule is COc1ccc(Oc2cccc(NC(=O)Nc3ncc(C(C)(C)C)s3)c2)cc1. The van der Waals surface area contributed by atoms with E-state index in [-0.39, 0.29) is 11.4 Å². The van der Waals surface area contributed by atoms with Crippen LogP contribution in [0.5, 0.6) is 17.2 Å². The molecule has 0 aliphatic carbocycles. The fourth-order valence-corrected chi connectivity index (χ4v) is 3.22. The third-order valence-electron chi connectivity index (χ3n) is 3.85. The van der Waals surface area contributed by atoms with Gasteiger partial charge < -0.3 is 14.8 Å². The molecule has 3 rings (SSSR count). The van der Waals surface area contributed by atoms with Crippen molar-refractivity contribution in [3.63, 3.8) is 0 Å². The number of ether oxygens (including phenoxy) is 2. The van der Waals surface area contributed by atoms with Gasteiger partial charge in [-0.15, -0.1) is 11.3 Å². The number of carbonyl (C=O) groups is 1. The Labute approximate surface area is 168 Å². The van der Waals surface area contributed by atoms with Crippen LogP contribution in [0.1, 0.15) is 25.6 Å². The van der Waals surface area contributed by atoms with E-state index in [0.29, 0.717) is 22.3 Å². The van der Waals surface area contributed by atoms with Crippen molar-refractivity contribution in [3.05, 3.63) is 59.6 Å². The number of nitrogens with zero attached hydrogens (tertiary/aromatic N) is 1. The maximum Gasteiger partial charge on any atom is 0.325 e. The first kappa shape index (κ1) is 19.7. The van der Waals surface area contributed by atoms with Crippen LogP contribution in [0.3, 0.4) is 0 Å². The lowest BCUT2D eigenvalue weighted by atomic mass is 9.96. The van der Waals surface area contributed by atoms with Crippen molar-refractivity contribution in [2.45, 2.75) is 26.2 Å². The molecule has 28 heavy (non-hydrogen) atoms. The molecule has 2 aromatic carbocycles. The molecule has 0 fully saturated rings. The highest BCUT2D eigenvalue weighted by Crippen LogP contribution is 2.30. The molecule has 0 radical (unpaired) electrons. The number of rotatable bonds is 5. The lowest BCUT2D eigenvalue weighted by Gasteiger charge is -2.14. The van der Waals surface area contributed by atoms with Crippen molar-refractivity contribution in [2.24, 2.45) is 0 Å². The molecule has 0 saturated heterocycles. The Bertz CT molecular complexity index is 946. The number of carbonyl (C=O) groups excluding carboxylic acids is 1. The van der Waals surface area contributed by atoms with Gasteiger partial charge in [-0.05, 0) is 41.8 Å². The predicted octanol–water partition coefficient (Wildman–Crippen LogP) is 5.89. The predicted molar refractivity (Wildman–Crippen MR) is 113 cm³/mol. The fourth-order valence-electron chi connectivity index (χ4n) is 2.36. The van der Waals surface area contributed by atoms with E-state index < -0.39 is 0 Å². The van der Waals surface area contributed by atoms with Gasteiger partial charge in [-0.1, -0.05) is 26.8 Å². The Morgan fingerprint density at radius 2 is 1.71 bits per heavy atom. The second kappa shape index (κ2) is 8.31. The largest absolute Gasteiger partial charge is 0.497 e. The maximum absolute atomic E-state index is 12.3. The van der Waals surface area contributed by atoms with Gasteiger partial charge in [0.25, 0.3) is 0 Å². The lowest BCUT2D eigenvalue weighted by molar-refractivity contribution is 0.262. The van der Waals surface area contributed by atoms with E-state index >= 15 is 0 Å². The van der Waals surface area contributed by atoms with Gasteiger partial charge in [0.05, 0.1) is 7.11 Å². The fraction of sp³-hybridized carbons (Fsp3) is 0.238. The third-order valence-corrected chi connectivity index (χ3v) is 5.19. The van der Waals surface area contributed by atoms with Crippen molar-refractivity contribution in [2.75, 3.05) is 17.7 Å². The zero-order valence-electron chi connectivity index (χ0n) is 16.3. The minimum absolute atomic E-state index is 0.00119. The summed E-state index contributed by atoms with van der Waals surface area (Å²) in [5.74, 6) is 2.06. The molecule has 0 saturated carbocycles. The summed E-state index contributed by atoms with van der Waals surface area (Å²) < 4.78 is 11.0. The van der Waals surface area contributed by atoms with Crippen LogP contribution >= 0.6 is 11.3 Å². The molecule has 2 N–H and O–H groups in total. The van der Waals surface area contributed by atoms with Crippen molar-refractivity contribution in [3.8, 4) is 17.2 Å². The Morgan fingerprint density at radius 3 is 2.36 bits per heavy atom. The number of aromatic nitrogens is 1. The van der Waals surface area contributed by atoms with Crippen LogP contribution in [0.2, 0.25) is 0 Å². The molecule has 6 nitrogen and oxygen atoms in total. The third kappa shape index (κ3) is 5.23. The molecular weight excluding hydrogens is 374 g/mol. The van der Waals surface area contributed by atoms with E-state index in [1.54, 1.807) is 25.4 Å². The second-order valence-electron chi connectivity index (χ2n) is 7.16. The summed E-state index contributed by atoms with van der Waals surface area (Å²) in [5.41, 5.74) is 0.623. The molecule has 0 spiro atoms. The highest BCUT2D eigenvalue weighted by Gasteiger charge is 2.18. The van der Waals surface area contributed by atoms with Crippen LogP contribution < -0.4 is 20.1 Å². The Balaban J connectivity index is 1.61. The summed E-state index contributed by atoms with van der Waals surface area (Å²) in [7, 11) is 1.62. The van der Waals surface area contributed by atoms with Gasteiger partial charge in [0.2, 0.25) is 0 Å². The number of anilines is 2. The number of thiazole rings is 1. The van der Waals surface area contributed by atoms with Crippen molar-refractivity contribution < 1.29 is 14.3 Å². The molecule has 0 aliphatic rings. The van der Waals surface area contributed by atoms with Crippen LogP contribution in [0.15, 0.2) is 54.7 Å².